The SMILES string of the molecule is CNC(CCc1cccnc1)c1ccccc1C. The lowest BCUT2D eigenvalue weighted by atomic mass is 9.96. The Labute approximate surface area is 109 Å². The first-order chi connectivity index (χ1) is 8.81. The normalized spacial score (nSPS) is 12.3. The van der Waals surface area contributed by atoms with Gasteiger partial charge in [-0.15, -0.1) is 0 Å². The highest BCUT2D eigenvalue weighted by Gasteiger charge is 2.11. The van der Waals surface area contributed by atoms with E-state index in [4.69, 9.17) is 0 Å². The molecule has 0 saturated heterocycles. The minimum atomic E-state index is 0.409. The van der Waals surface area contributed by atoms with Crippen molar-refractivity contribution in [2.75, 3.05) is 7.05 Å². The van der Waals surface area contributed by atoms with Crippen LogP contribution >= 0.6 is 0 Å². The van der Waals surface area contributed by atoms with Gasteiger partial charge in [-0.3, -0.25) is 4.98 Å². The molecule has 0 saturated carbocycles. The van der Waals surface area contributed by atoms with Crippen LogP contribution < -0.4 is 5.32 Å². The van der Waals surface area contributed by atoms with E-state index in [1.54, 1.807) is 0 Å². The molecule has 1 aromatic carbocycles. The quantitative estimate of drug-likeness (QED) is 0.867. The fraction of sp³-hybridized carbons (Fsp3) is 0.312. The second-order valence-corrected chi connectivity index (χ2v) is 4.60. The first kappa shape index (κ1) is 12.8. The molecule has 2 aromatic rings. The summed E-state index contributed by atoms with van der Waals surface area (Å²) >= 11 is 0. The molecular formula is C16H20N2. The lowest BCUT2D eigenvalue weighted by Gasteiger charge is -2.18. The lowest BCUT2D eigenvalue weighted by Crippen LogP contribution is -2.18. The van der Waals surface area contributed by atoms with Crippen LogP contribution in [0, 0.1) is 6.92 Å². The molecule has 18 heavy (non-hydrogen) atoms. The zero-order valence-electron chi connectivity index (χ0n) is 11.1. The van der Waals surface area contributed by atoms with Crippen LogP contribution in [0.15, 0.2) is 48.8 Å². The molecular weight excluding hydrogens is 220 g/mol. The smallest absolute Gasteiger partial charge is 0.0323 e. The number of hydrogen-bond acceptors (Lipinski definition) is 2. The van der Waals surface area contributed by atoms with Gasteiger partial charge in [0.05, 0.1) is 0 Å². The highest BCUT2D eigenvalue weighted by molar-refractivity contribution is 5.28. The summed E-state index contributed by atoms with van der Waals surface area (Å²) in [6.07, 6.45) is 5.91. The Hall–Kier alpha value is -1.67. The lowest BCUT2D eigenvalue weighted by molar-refractivity contribution is 0.546. The summed E-state index contributed by atoms with van der Waals surface area (Å²) in [5, 5.41) is 3.41. The number of hydrogen-bond donors (Lipinski definition) is 1. The number of aryl methyl sites for hydroxylation is 2. The van der Waals surface area contributed by atoms with Crippen molar-refractivity contribution in [2.24, 2.45) is 0 Å². The van der Waals surface area contributed by atoms with E-state index in [1.165, 1.54) is 16.7 Å². The predicted octanol–water partition coefficient (Wildman–Crippen LogP) is 3.28. The van der Waals surface area contributed by atoms with Crippen molar-refractivity contribution in [3.8, 4) is 0 Å². The molecule has 0 fully saturated rings. The van der Waals surface area contributed by atoms with Gasteiger partial charge < -0.3 is 5.32 Å². The standard InChI is InChI=1S/C16H20N2/c1-13-6-3-4-8-15(13)16(17-2)10-9-14-7-5-11-18-12-14/h3-8,11-12,16-17H,9-10H2,1-2H3. The highest BCUT2D eigenvalue weighted by Crippen LogP contribution is 2.21. The van der Waals surface area contributed by atoms with Gasteiger partial charge >= 0.3 is 0 Å². The highest BCUT2D eigenvalue weighted by atomic mass is 14.9. The van der Waals surface area contributed by atoms with Crippen LogP contribution in [-0.2, 0) is 6.42 Å². The van der Waals surface area contributed by atoms with Gasteiger partial charge in [-0.05, 0) is 49.6 Å². The Bertz CT molecular complexity index is 479. The maximum atomic E-state index is 4.16. The monoisotopic (exact) mass is 240 g/mol. The molecule has 2 rings (SSSR count). The summed E-state index contributed by atoms with van der Waals surface area (Å²) in [4.78, 5) is 4.16. The average Bonchev–Trinajstić information content (AvgIpc) is 2.42. The van der Waals surface area contributed by atoms with Crippen molar-refractivity contribution in [3.63, 3.8) is 0 Å². The molecule has 1 N–H and O–H groups in total. The molecule has 0 amide bonds. The van der Waals surface area contributed by atoms with E-state index in [0.717, 1.165) is 12.8 Å². The van der Waals surface area contributed by atoms with Crippen molar-refractivity contribution >= 4 is 0 Å². The Balaban J connectivity index is 2.04. The van der Waals surface area contributed by atoms with Gasteiger partial charge in [0.2, 0.25) is 0 Å². The zero-order chi connectivity index (χ0) is 12.8. The second kappa shape index (κ2) is 6.31. The summed E-state index contributed by atoms with van der Waals surface area (Å²) in [5.74, 6) is 0. The number of rotatable bonds is 5. The maximum Gasteiger partial charge on any atom is 0.0323 e. The van der Waals surface area contributed by atoms with Crippen LogP contribution in [0.4, 0.5) is 0 Å². The Morgan fingerprint density at radius 2 is 2.00 bits per heavy atom. The number of aromatic nitrogens is 1. The Morgan fingerprint density at radius 3 is 2.67 bits per heavy atom. The van der Waals surface area contributed by atoms with E-state index in [9.17, 15) is 0 Å². The van der Waals surface area contributed by atoms with Crippen LogP contribution in [0.3, 0.4) is 0 Å². The van der Waals surface area contributed by atoms with Gasteiger partial charge in [0.1, 0.15) is 0 Å². The van der Waals surface area contributed by atoms with Crippen LogP contribution in [0.2, 0.25) is 0 Å². The first-order valence-electron chi connectivity index (χ1n) is 6.43. The molecule has 2 heteroatoms. The summed E-state index contributed by atoms with van der Waals surface area (Å²) in [6, 6.07) is 13.1. The van der Waals surface area contributed by atoms with Gasteiger partial charge in [0.15, 0.2) is 0 Å². The van der Waals surface area contributed by atoms with Crippen LogP contribution in [0.5, 0.6) is 0 Å². The average molecular weight is 240 g/mol. The summed E-state index contributed by atoms with van der Waals surface area (Å²) in [7, 11) is 2.03. The first-order valence-corrected chi connectivity index (χ1v) is 6.43. The largest absolute Gasteiger partial charge is 0.313 e. The van der Waals surface area contributed by atoms with Gasteiger partial charge in [-0.2, -0.15) is 0 Å². The number of benzene rings is 1. The van der Waals surface area contributed by atoms with E-state index in [0.29, 0.717) is 6.04 Å². The van der Waals surface area contributed by atoms with Gasteiger partial charge in [-0.25, -0.2) is 0 Å². The van der Waals surface area contributed by atoms with E-state index < -0.39 is 0 Å². The maximum absolute atomic E-state index is 4.16. The van der Waals surface area contributed by atoms with E-state index in [2.05, 4.69) is 47.6 Å². The van der Waals surface area contributed by atoms with E-state index in [1.807, 2.05) is 25.5 Å². The molecule has 1 heterocycles. The van der Waals surface area contributed by atoms with Crippen LogP contribution in [0.25, 0.3) is 0 Å². The number of nitrogens with one attached hydrogen (secondary N) is 1. The molecule has 1 unspecified atom stereocenters. The van der Waals surface area contributed by atoms with Crippen LogP contribution in [-0.4, -0.2) is 12.0 Å². The van der Waals surface area contributed by atoms with Crippen molar-refractivity contribution in [2.45, 2.75) is 25.8 Å². The predicted molar refractivity (Wildman–Crippen MR) is 75.5 cm³/mol. The third kappa shape index (κ3) is 3.17. The summed E-state index contributed by atoms with van der Waals surface area (Å²) < 4.78 is 0. The molecule has 0 aliphatic carbocycles. The third-order valence-electron chi connectivity index (χ3n) is 3.36. The molecule has 94 valence electrons. The Kier molecular flexibility index (Phi) is 4.48. The Morgan fingerprint density at radius 1 is 1.17 bits per heavy atom. The van der Waals surface area contributed by atoms with Crippen LogP contribution in [0.1, 0.15) is 29.2 Å². The molecule has 0 radical (unpaired) electrons. The fourth-order valence-corrected chi connectivity index (χ4v) is 2.29. The second-order valence-electron chi connectivity index (χ2n) is 4.60. The molecule has 1 atom stereocenters. The fourth-order valence-electron chi connectivity index (χ4n) is 2.29. The molecule has 0 bridgehead atoms. The van der Waals surface area contributed by atoms with Crippen molar-refractivity contribution in [3.05, 3.63) is 65.5 Å². The van der Waals surface area contributed by atoms with E-state index >= 15 is 0 Å². The van der Waals surface area contributed by atoms with Gasteiger partial charge in [0, 0.05) is 18.4 Å². The number of pyridine rings is 1. The third-order valence-corrected chi connectivity index (χ3v) is 3.36. The molecule has 1 aromatic heterocycles. The minimum Gasteiger partial charge on any atom is -0.313 e. The van der Waals surface area contributed by atoms with Crippen molar-refractivity contribution in [1.29, 1.82) is 0 Å². The number of nitrogens with zero attached hydrogens (tertiary/aromatic N) is 1. The minimum absolute atomic E-state index is 0.409. The zero-order valence-corrected chi connectivity index (χ0v) is 11.1. The van der Waals surface area contributed by atoms with Crippen molar-refractivity contribution < 1.29 is 0 Å². The van der Waals surface area contributed by atoms with E-state index in [-0.39, 0.29) is 0 Å². The summed E-state index contributed by atoms with van der Waals surface area (Å²) in [6.45, 7) is 2.17. The molecule has 0 aliphatic heterocycles. The molecule has 0 spiro atoms. The topological polar surface area (TPSA) is 24.9 Å². The van der Waals surface area contributed by atoms with Crippen molar-refractivity contribution in [1.82, 2.24) is 10.3 Å². The van der Waals surface area contributed by atoms with Gasteiger partial charge in [0.25, 0.3) is 0 Å². The summed E-state index contributed by atoms with van der Waals surface area (Å²) in [5.41, 5.74) is 4.04. The molecule has 0 aliphatic rings. The molecule has 2 nitrogen and oxygen atoms in total. The van der Waals surface area contributed by atoms with Gasteiger partial charge in [-0.1, -0.05) is 30.3 Å².